The van der Waals surface area contributed by atoms with E-state index in [1.807, 2.05) is 23.3 Å². The van der Waals surface area contributed by atoms with E-state index in [9.17, 15) is 9.90 Å². The third-order valence-corrected chi connectivity index (χ3v) is 6.74. The molecule has 0 spiro atoms. The first-order chi connectivity index (χ1) is 13.8. The normalized spacial score (nSPS) is 15.4. The van der Waals surface area contributed by atoms with Gasteiger partial charge in [0.2, 0.25) is 0 Å². The van der Waals surface area contributed by atoms with Crippen molar-refractivity contribution in [1.82, 2.24) is 10.3 Å². The molecule has 3 N–H and O–H groups in total. The van der Waals surface area contributed by atoms with E-state index in [0.29, 0.717) is 42.3 Å². The first-order valence-electron chi connectivity index (χ1n) is 9.48. The van der Waals surface area contributed by atoms with E-state index in [1.54, 1.807) is 0 Å². The summed E-state index contributed by atoms with van der Waals surface area (Å²) in [7, 11) is 0. The maximum Gasteiger partial charge on any atom is 0.306 e. The fourth-order valence-corrected chi connectivity index (χ4v) is 4.52. The van der Waals surface area contributed by atoms with Crippen LogP contribution in [0.5, 0.6) is 5.75 Å². The highest BCUT2D eigenvalue weighted by Crippen LogP contribution is 2.39. The van der Waals surface area contributed by atoms with E-state index in [1.165, 1.54) is 22.5 Å². The Morgan fingerprint density at radius 1 is 1.28 bits per heavy atom. The number of carboxylic acids is 1. The number of rotatable bonds is 4. The van der Waals surface area contributed by atoms with Crippen LogP contribution in [0.3, 0.4) is 0 Å². The van der Waals surface area contributed by atoms with Crippen molar-refractivity contribution in [1.29, 1.82) is 0 Å². The highest BCUT2D eigenvalue weighted by atomic mass is 32.1. The van der Waals surface area contributed by atoms with Crippen molar-refractivity contribution in [2.75, 3.05) is 13.1 Å². The summed E-state index contributed by atoms with van der Waals surface area (Å²) < 4.78 is 0. The summed E-state index contributed by atoms with van der Waals surface area (Å²) in [6, 6.07) is 6.14. The summed E-state index contributed by atoms with van der Waals surface area (Å²) in [4.78, 5) is 13.8. The molecule has 0 aliphatic carbocycles. The van der Waals surface area contributed by atoms with Gasteiger partial charge in [-0.25, -0.2) is 0 Å². The Bertz CT molecular complexity index is 960. The number of hydrogen-bond donors (Lipinski definition) is 3. The van der Waals surface area contributed by atoms with E-state index >= 15 is 0 Å². The average Bonchev–Trinajstić information content (AvgIpc) is 3.09. The summed E-state index contributed by atoms with van der Waals surface area (Å²) in [6.07, 6.45) is 1.15. The maximum absolute atomic E-state index is 11.1. The molecule has 1 aromatic carbocycles. The zero-order valence-corrected chi connectivity index (χ0v) is 18.4. The minimum Gasteiger partial charge on any atom is -0.506 e. The monoisotopic (exact) mass is 431 g/mol. The first-order valence-corrected chi connectivity index (χ1v) is 10.8. The standard InChI is InChI=1S/C21H25N3O3S2/c1-12-4-5-16(10-13(12)2)19-18(25)17(11-29-19)14(3)22-23-21(28)24-8-6-15(7-9-24)20(26)27/h4-5,10-11,15,25H,6-9H2,1-3H3,(H,23,28)(H,26,27)/b22-14+. The average molecular weight is 432 g/mol. The number of nitrogens with one attached hydrogen (secondary N) is 1. The number of carbonyl (C=O) groups is 1. The molecule has 1 saturated heterocycles. The molecule has 1 aliphatic heterocycles. The Labute approximate surface area is 179 Å². The van der Waals surface area contributed by atoms with Crippen molar-refractivity contribution in [3.63, 3.8) is 0 Å². The van der Waals surface area contributed by atoms with E-state index in [-0.39, 0.29) is 11.7 Å². The molecule has 1 fully saturated rings. The quantitative estimate of drug-likeness (QED) is 0.383. The zero-order valence-electron chi connectivity index (χ0n) is 16.7. The second-order valence-electron chi connectivity index (χ2n) is 7.34. The SMILES string of the molecule is C/C(=N\NC(=S)N1CCC(C(=O)O)CC1)c1csc(-c2ccc(C)c(C)c2)c1O. The molecular weight excluding hydrogens is 406 g/mol. The van der Waals surface area contributed by atoms with Gasteiger partial charge in [0.15, 0.2) is 5.11 Å². The van der Waals surface area contributed by atoms with Crippen molar-refractivity contribution in [3.8, 4) is 16.2 Å². The molecule has 1 aromatic heterocycles. The summed E-state index contributed by atoms with van der Waals surface area (Å²) in [5, 5.41) is 26.5. The fourth-order valence-electron chi connectivity index (χ4n) is 3.29. The van der Waals surface area contributed by atoms with Crippen molar-refractivity contribution in [2.45, 2.75) is 33.6 Å². The van der Waals surface area contributed by atoms with Crippen LogP contribution in [0.25, 0.3) is 10.4 Å². The number of aryl methyl sites for hydroxylation is 2. The number of hydrogen-bond acceptors (Lipinski definition) is 5. The lowest BCUT2D eigenvalue weighted by molar-refractivity contribution is -0.143. The number of nitrogens with zero attached hydrogens (tertiary/aromatic N) is 2. The van der Waals surface area contributed by atoms with Gasteiger partial charge in [-0.2, -0.15) is 5.10 Å². The largest absolute Gasteiger partial charge is 0.506 e. The topological polar surface area (TPSA) is 85.2 Å². The Morgan fingerprint density at radius 2 is 1.97 bits per heavy atom. The molecule has 2 aromatic rings. The van der Waals surface area contributed by atoms with Crippen LogP contribution in [0, 0.1) is 19.8 Å². The molecule has 0 unspecified atom stereocenters. The number of carboxylic acid groups (broad SMARTS) is 1. The summed E-state index contributed by atoms with van der Waals surface area (Å²) in [6.45, 7) is 7.13. The molecule has 0 saturated carbocycles. The molecule has 0 amide bonds. The van der Waals surface area contributed by atoms with Crippen LogP contribution in [0.15, 0.2) is 28.7 Å². The van der Waals surface area contributed by atoms with Crippen LogP contribution in [0.4, 0.5) is 0 Å². The van der Waals surface area contributed by atoms with Crippen molar-refractivity contribution in [2.24, 2.45) is 11.0 Å². The van der Waals surface area contributed by atoms with E-state index < -0.39 is 5.97 Å². The van der Waals surface area contributed by atoms with Gasteiger partial charge in [0, 0.05) is 18.5 Å². The predicted molar refractivity (Wildman–Crippen MR) is 121 cm³/mol. The minimum absolute atomic E-state index is 0.217. The smallest absolute Gasteiger partial charge is 0.306 e. The minimum atomic E-state index is -0.745. The Kier molecular flexibility index (Phi) is 6.54. The lowest BCUT2D eigenvalue weighted by Crippen LogP contribution is -2.44. The number of aliphatic carboxylic acids is 1. The van der Waals surface area contributed by atoms with Gasteiger partial charge in [0.05, 0.1) is 22.1 Å². The van der Waals surface area contributed by atoms with Crippen LogP contribution in [0.1, 0.15) is 36.5 Å². The lowest BCUT2D eigenvalue weighted by atomic mass is 9.97. The van der Waals surface area contributed by atoms with Crippen LogP contribution < -0.4 is 5.43 Å². The third kappa shape index (κ3) is 4.76. The highest BCUT2D eigenvalue weighted by molar-refractivity contribution is 7.80. The van der Waals surface area contributed by atoms with E-state index in [2.05, 4.69) is 36.5 Å². The summed E-state index contributed by atoms with van der Waals surface area (Å²) >= 11 is 6.87. The molecule has 154 valence electrons. The number of likely N-dealkylation sites (tertiary alicyclic amines) is 1. The van der Waals surface area contributed by atoms with Crippen molar-refractivity contribution in [3.05, 3.63) is 40.3 Å². The number of thiocarbonyl (C=S) groups is 1. The molecule has 0 atom stereocenters. The maximum atomic E-state index is 11.1. The molecule has 1 aliphatic rings. The first kappa shape index (κ1) is 21.3. The van der Waals surface area contributed by atoms with Crippen LogP contribution >= 0.6 is 23.6 Å². The number of benzene rings is 1. The predicted octanol–water partition coefficient (Wildman–Crippen LogP) is 4.13. The van der Waals surface area contributed by atoms with Crippen LogP contribution in [0.2, 0.25) is 0 Å². The molecular formula is C21H25N3O3S2. The fraction of sp³-hybridized carbons (Fsp3) is 0.381. The van der Waals surface area contributed by atoms with E-state index in [4.69, 9.17) is 17.3 Å². The highest BCUT2D eigenvalue weighted by Gasteiger charge is 2.25. The van der Waals surface area contributed by atoms with Gasteiger partial charge in [0.1, 0.15) is 5.75 Å². The van der Waals surface area contributed by atoms with Crippen molar-refractivity contribution < 1.29 is 15.0 Å². The Hall–Kier alpha value is -2.45. The van der Waals surface area contributed by atoms with Gasteiger partial charge in [0.25, 0.3) is 0 Å². The number of thiophene rings is 1. The summed E-state index contributed by atoms with van der Waals surface area (Å²) in [5.41, 5.74) is 7.57. The van der Waals surface area contributed by atoms with Gasteiger partial charge in [-0.15, -0.1) is 11.3 Å². The molecule has 6 nitrogen and oxygen atoms in total. The Morgan fingerprint density at radius 3 is 2.59 bits per heavy atom. The van der Waals surface area contributed by atoms with E-state index in [0.717, 1.165) is 10.4 Å². The third-order valence-electron chi connectivity index (χ3n) is 5.37. The molecule has 0 radical (unpaired) electrons. The van der Waals surface area contributed by atoms with Gasteiger partial charge in [-0.3, -0.25) is 10.2 Å². The molecule has 2 heterocycles. The number of hydrazone groups is 1. The van der Waals surface area contributed by atoms with Gasteiger partial charge < -0.3 is 15.1 Å². The van der Waals surface area contributed by atoms with Gasteiger partial charge in [-0.1, -0.05) is 18.2 Å². The number of piperidine rings is 1. The zero-order chi connectivity index (χ0) is 21.1. The second kappa shape index (κ2) is 8.92. The Balaban J connectivity index is 1.67. The second-order valence-corrected chi connectivity index (χ2v) is 8.61. The van der Waals surface area contributed by atoms with Crippen LogP contribution in [-0.2, 0) is 4.79 Å². The number of aromatic hydroxyl groups is 1. The molecule has 8 heteroatoms. The molecule has 3 rings (SSSR count). The summed E-state index contributed by atoms with van der Waals surface area (Å²) in [5.74, 6) is -0.828. The lowest BCUT2D eigenvalue weighted by Gasteiger charge is -2.31. The van der Waals surface area contributed by atoms with Crippen LogP contribution in [-0.4, -0.2) is 45.0 Å². The molecule has 29 heavy (non-hydrogen) atoms. The van der Waals surface area contributed by atoms with Gasteiger partial charge >= 0.3 is 5.97 Å². The van der Waals surface area contributed by atoms with Gasteiger partial charge in [-0.05, 0) is 62.5 Å². The van der Waals surface area contributed by atoms with Crippen molar-refractivity contribution >= 4 is 40.3 Å². The molecule has 0 bridgehead atoms.